The van der Waals surface area contributed by atoms with E-state index in [0.717, 1.165) is 16.7 Å². The van der Waals surface area contributed by atoms with Gasteiger partial charge in [-0.15, -0.1) is 0 Å². The van der Waals surface area contributed by atoms with Crippen molar-refractivity contribution < 1.29 is 29.7 Å². The maximum atomic E-state index is 13.6. The smallest absolute Gasteiger partial charge is 0.167 e. The normalized spacial score (nSPS) is 23.8. The number of hydrogen-bond donors (Lipinski definition) is 3. The molecule has 0 bridgehead atoms. The van der Waals surface area contributed by atoms with Gasteiger partial charge in [-0.05, 0) is 63.9 Å². The molecule has 0 unspecified atom stereocenters. The Morgan fingerprint density at radius 3 is 2.03 bits per heavy atom. The monoisotopic (exact) mass is 464 g/mol. The van der Waals surface area contributed by atoms with Crippen molar-refractivity contribution >= 4 is 28.5 Å². The fraction of sp³-hybridized carbons (Fsp3) is 0.207. The predicted molar refractivity (Wildman–Crippen MR) is 127 cm³/mol. The van der Waals surface area contributed by atoms with Crippen LogP contribution in [0.25, 0.3) is 11.1 Å². The van der Waals surface area contributed by atoms with E-state index in [1.165, 1.54) is 18.2 Å². The number of allylic oxidation sites excluding steroid dienone is 2. The Hall–Kier alpha value is -4.19. The van der Waals surface area contributed by atoms with Gasteiger partial charge in [-0.3, -0.25) is 14.4 Å². The van der Waals surface area contributed by atoms with E-state index in [2.05, 4.69) is 0 Å². The van der Waals surface area contributed by atoms with Crippen molar-refractivity contribution in [1.29, 1.82) is 0 Å². The van der Waals surface area contributed by atoms with Gasteiger partial charge >= 0.3 is 0 Å². The first-order valence-electron chi connectivity index (χ1n) is 11.7. The Morgan fingerprint density at radius 1 is 0.629 bits per heavy atom. The molecule has 0 radical (unpaired) electrons. The summed E-state index contributed by atoms with van der Waals surface area (Å²) in [6.45, 7) is 0. The van der Waals surface area contributed by atoms with Gasteiger partial charge in [0.25, 0.3) is 0 Å². The predicted octanol–water partition coefficient (Wildman–Crippen LogP) is 4.78. The van der Waals surface area contributed by atoms with Gasteiger partial charge in [0.2, 0.25) is 0 Å². The van der Waals surface area contributed by atoms with Crippen LogP contribution in [0.1, 0.15) is 79.0 Å². The van der Waals surface area contributed by atoms with Crippen LogP contribution in [-0.2, 0) is 5.41 Å². The summed E-state index contributed by atoms with van der Waals surface area (Å²) in [6, 6.07) is 13.3. The van der Waals surface area contributed by atoms with Crippen LogP contribution in [0, 0.1) is 5.92 Å². The van der Waals surface area contributed by atoms with Crippen LogP contribution in [0.3, 0.4) is 0 Å². The first kappa shape index (κ1) is 20.2. The molecule has 0 amide bonds. The summed E-state index contributed by atoms with van der Waals surface area (Å²) >= 11 is 0. The molecule has 0 fully saturated rings. The molecule has 0 saturated heterocycles. The number of benzene rings is 3. The first-order chi connectivity index (χ1) is 16.9. The van der Waals surface area contributed by atoms with Crippen LogP contribution < -0.4 is 0 Å². The van der Waals surface area contributed by atoms with E-state index < -0.39 is 11.3 Å². The number of hydrogen-bond acceptors (Lipinski definition) is 6. The van der Waals surface area contributed by atoms with E-state index in [4.69, 9.17) is 0 Å². The summed E-state index contributed by atoms with van der Waals surface area (Å²) in [6.07, 6.45) is 0.673. The average Bonchev–Trinajstić information content (AvgIpc) is 3.05. The Bertz CT molecular complexity index is 1590. The van der Waals surface area contributed by atoms with Crippen molar-refractivity contribution in [2.24, 2.45) is 5.92 Å². The zero-order valence-corrected chi connectivity index (χ0v) is 18.6. The van der Waals surface area contributed by atoms with Crippen LogP contribution in [0.4, 0.5) is 0 Å². The minimum Gasteiger partial charge on any atom is -0.507 e. The van der Waals surface area contributed by atoms with E-state index in [1.54, 1.807) is 24.3 Å². The molecule has 35 heavy (non-hydrogen) atoms. The van der Waals surface area contributed by atoms with E-state index in [0.29, 0.717) is 23.1 Å². The molecule has 6 nitrogen and oxygen atoms in total. The van der Waals surface area contributed by atoms with Crippen molar-refractivity contribution in [2.45, 2.75) is 31.1 Å². The maximum absolute atomic E-state index is 13.6. The summed E-state index contributed by atoms with van der Waals surface area (Å²) in [4.78, 5) is 39.9. The lowest BCUT2D eigenvalue weighted by Gasteiger charge is -2.44. The third-order valence-corrected chi connectivity index (χ3v) is 8.30. The minimum atomic E-state index is -0.992. The number of phenols is 3. The summed E-state index contributed by atoms with van der Waals surface area (Å²) in [5.74, 6) is -1.45. The van der Waals surface area contributed by atoms with Crippen LogP contribution >= 0.6 is 0 Å². The van der Waals surface area contributed by atoms with Crippen molar-refractivity contribution in [1.82, 2.24) is 0 Å². The molecule has 7 rings (SSSR count). The van der Waals surface area contributed by atoms with E-state index in [1.807, 2.05) is 6.07 Å². The average molecular weight is 464 g/mol. The standard InChI is InChI=1S/C29H20O6/c30-18-5-1-3-14-25(18)22(34)11-13-12-23(35)26-16(4-2-6-19(26)31)29(13)17-8-10-21(33)27-20(32)9-7-15(24(17)27)28(14)29/h1-6,8,10,13,30-31,33H,7,9,11-12H2/t13-,29-/m1/s1. The highest BCUT2D eigenvalue weighted by molar-refractivity contribution is 6.20. The number of phenolic OH excluding ortho intramolecular Hbond substituents is 3. The third kappa shape index (κ3) is 2.22. The van der Waals surface area contributed by atoms with Gasteiger partial charge in [-0.25, -0.2) is 0 Å². The molecular weight excluding hydrogens is 444 g/mol. The Balaban J connectivity index is 1.74. The molecule has 2 atom stereocenters. The molecule has 3 N–H and O–H groups in total. The zero-order valence-electron chi connectivity index (χ0n) is 18.6. The molecule has 0 heterocycles. The molecule has 0 aliphatic heterocycles. The van der Waals surface area contributed by atoms with Crippen LogP contribution in [0.2, 0.25) is 0 Å². The molecule has 3 aromatic rings. The fourth-order valence-electron chi connectivity index (χ4n) is 7.16. The highest BCUT2D eigenvalue weighted by atomic mass is 16.3. The summed E-state index contributed by atoms with van der Waals surface area (Å²) in [5.41, 5.74) is 3.95. The van der Waals surface area contributed by atoms with Gasteiger partial charge in [-0.1, -0.05) is 30.3 Å². The number of carbonyl (C=O) groups is 3. The lowest BCUT2D eigenvalue weighted by molar-refractivity contribution is 0.0882. The maximum Gasteiger partial charge on any atom is 0.167 e. The second-order valence-electron chi connectivity index (χ2n) is 9.82. The van der Waals surface area contributed by atoms with Crippen LogP contribution in [-0.4, -0.2) is 32.7 Å². The number of Topliss-reactive ketones (excluding diaryl/α,β-unsaturated/α-hetero) is 3. The largest absolute Gasteiger partial charge is 0.507 e. The van der Waals surface area contributed by atoms with Gasteiger partial charge in [0.15, 0.2) is 17.3 Å². The zero-order chi connectivity index (χ0) is 24.2. The van der Waals surface area contributed by atoms with Crippen molar-refractivity contribution in [3.63, 3.8) is 0 Å². The summed E-state index contributed by atoms with van der Waals surface area (Å²) < 4.78 is 0. The molecule has 3 aromatic carbocycles. The summed E-state index contributed by atoms with van der Waals surface area (Å²) in [5, 5.41) is 32.3. The second-order valence-corrected chi connectivity index (χ2v) is 9.82. The lowest BCUT2D eigenvalue weighted by Crippen LogP contribution is -2.42. The Morgan fingerprint density at radius 2 is 1.26 bits per heavy atom. The molecule has 6 heteroatoms. The van der Waals surface area contributed by atoms with Gasteiger partial charge in [-0.2, -0.15) is 0 Å². The molecule has 0 saturated carbocycles. The number of carbonyl (C=O) groups excluding carboxylic acids is 3. The van der Waals surface area contributed by atoms with E-state index in [9.17, 15) is 29.7 Å². The van der Waals surface area contributed by atoms with Gasteiger partial charge in [0, 0.05) is 19.3 Å². The first-order valence-corrected chi connectivity index (χ1v) is 11.7. The lowest BCUT2D eigenvalue weighted by atomic mass is 9.56. The SMILES string of the molecule is O=C1C[C@@H]2CC(=O)c3c(O)cccc3[C@]23C(=C2CCC(=O)c4c(O)ccc3c42)c2cccc(O)c21. The highest BCUT2D eigenvalue weighted by Gasteiger charge is 2.59. The van der Waals surface area contributed by atoms with Gasteiger partial charge in [0.05, 0.1) is 22.1 Å². The molecule has 4 aliphatic rings. The topological polar surface area (TPSA) is 112 Å². The van der Waals surface area contributed by atoms with Crippen molar-refractivity contribution in [3.05, 3.63) is 87.5 Å². The third-order valence-electron chi connectivity index (χ3n) is 8.30. The molecule has 1 spiro atoms. The summed E-state index contributed by atoms with van der Waals surface area (Å²) in [7, 11) is 0. The minimum absolute atomic E-state index is 0.0196. The van der Waals surface area contributed by atoms with Gasteiger partial charge in [0.1, 0.15) is 17.2 Å². The highest BCUT2D eigenvalue weighted by Crippen LogP contribution is 2.67. The van der Waals surface area contributed by atoms with E-state index >= 15 is 0 Å². The number of aromatic hydroxyl groups is 3. The van der Waals surface area contributed by atoms with Crippen LogP contribution in [0.15, 0.2) is 48.5 Å². The second kappa shape index (κ2) is 6.48. The number of rotatable bonds is 0. The van der Waals surface area contributed by atoms with Crippen LogP contribution in [0.5, 0.6) is 17.2 Å². The number of fused-ring (bicyclic) bond motifs is 3. The van der Waals surface area contributed by atoms with Gasteiger partial charge < -0.3 is 15.3 Å². The molecule has 172 valence electrons. The number of ketones is 3. The fourth-order valence-corrected chi connectivity index (χ4v) is 7.16. The Labute approximate surface area is 200 Å². The van der Waals surface area contributed by atoms with E-state index in [-0.39, 0.29) is 70.6 Å². The molecular formula is C29H20O6. The quantitative estimate of drug-likeness (QED) is 0.442. The molecule has 0 aromatic heterocycles. The van der Waals surface area contributed by atoms with Crippen molar-refractivity contribution in [3.8, 4) is 17.2 Å². The Kier molecular flexibility index (Phi) is 3.74. The molecule has 4 aliphatic carbocycles. The van der Waals surface area contributed by atoms with Crippen molar-refractivity contribution in [2.75, 3.05) is 0 Å².